The summed E-state index contributed by atoms with van der Waals surface area (Å²) in [7, 11) is 1.81. The average molecular weight is 398 g/mol. The number of rotatable bonds is 5. The maximum absolute atomic E-state index is 5.97. The summed E-state index contributed by atoms with van der Waals surface area (Å²) in [5.41, 5.74) is 1.99. The number of likely N-dealkylation sites (tertiary alicyclic amines) is 1. The predicted octanol–water partition coefficient (Wildman–Crippen LogP) is 4.07. The number of piperidine rings is 1. The van der Waals surface area contributed by atoms with E-state index >= 15 is 0 Å². The summed E-state index contributed by atoms with van der Waals surface area (Å²) in [5, 5.41) is 0.601. The van der Waals surface area contributed by atoms with E-state index in [1.807, 2.05) is 31.4 Å². The molecule has 1 fully saturated rings. The SMILES string of the molecule is COC1CCN(CC2COc3cc(Oc4nc5ncccc5s4)ccc32)CC1. The fourth-order valence-corrected chi connectivity index (χ4v) is 4.80. The Balaban J connectivity index is 1.26. The second-order valence-electron chi connectivity index (χ2n) is 7.35. The van der Waals surface area contributed by atoms with Crippen molar-refractivity contribution in [1.82, 2.24) is 14.9 Å². The summed E-state index contributed by atoms with van der Waals surface area (Å²) >= 11 is 1.50. The number of fused-ring (bicyclic) bond motifs is 2. The summed E-state index contributed by atoms with van der Waals surface area (Å²) in [5.74, 6) is 2.09. The molecule has 5 rings (SSSR count). The zero-order chi connectivity index (χ0) is 18.9. The molecule has 28 heavy (non-hydrogen) atoms. The first-order chi connectivity index (χ1) is 13.8. The molecule has 0 radical (unpaired) electrons. The molecule has 0 saturated carbocycles. The maximum atomic E-state index is 5.97. The molecule has 1 atom stereocenters. The first-order valence-corrected chi connectivity index (χ1v) is 10.5. The summed E-state index contributed by atoms with van der Waals surface area (Å²) in [6.45, 7) is 3.95. The highest BCUT2D eigenvalue weighted by Gasteiger charge is 2.28. The van der Waals surface area contributed by atoms with Crippen LogP contribution in [0.4, 0.5) is 0 Å². The minimum atomic E-state index is 0.412. The van der Waals surface area contributed by atoms with E-state index in [4.69, 9.17) is 14.2 Å². The Kier molecular flexibility index (Phi) is 4.88. The highest BCUT2D eigenvalue weighted by molar-refractivity contribution is 7.20. The van der Waals surface area contributed by atoms with Crippen LogP contribution in [0.3, 0.4) is 0 Å². The molecule has 0 aliphatic carbocycles. The molecule has 6 nitrogen and oxygen atoms in total. The third-order valence-electron chi connectivity index (χ3n) is 5.56. The van der Waals surface area contributed by atoms with Crippen LogP contribution in [0.2, 0.25) is 0 Å². The molecule has 0 bridgehead atoms. The van der Waals surface area contributed by atoms with Crippen molar-refractivity contribution in [3.05, 3.63) is 42.1 Å². The van der Waals surface area contributed by atoms with Crippen molar-refractivity contribution < 1.29 is 14.2 Å². The van der Waals surface area contributed by atoms with Gasteiger partial charge in [-0.25, -0.2) is 4.98 Å². The van der Waals surface area contributed by atoms with Crippen LogP contribution in [0, 0.1) is 0 Å². The van der Waals surface area contributed by atoms with Gasteiger partial charge in [-0.3, -0.25) is 0 Å². The number of pyridine rings is 1. The van der Waals surface area contributed by atoms with Gasteiger partial charge in [-0.15, -0.1) is 0 Å². The molecule has 2 aliphatic rings. The van der Waals surface area contributed by atoms with Gasteiger partial charge in [0.15, 0.2) is 5.65 Å². The number of hydrogen-bond acceptors (Lipinski definition) is 7. The quantitative estimate of drug-likeness (QED) is 0.647. The van der Waals surface area contributed by atoms with Crippen LogP contribution in [-0.4, -0.2) is 54.3 Å². The smallest absolute Gasteiger partial charge is 0.281 e. The van der Waals surface area contributed by atoms with Crippen LogP contribution >= 0.6 is 11.3 Å². The van der Waals surface area contributed by atoms with Crippen molar-refractivity contribution in [2.45, 2.75) is 24.9 Å². The third-order valence-corrected chi connectivity index (χ3v) is 6.45. The lowest BCUT2D eigenvalue weighted by molar-refractivity contribution is 0.0388. The van der Waals surface area contributed by atoms with Crippen LogP contribution in [0.25, 0.3) is 10.3 Å². The fourth-order valence-electron chi connectivity index (χ4n) is 4.00. The van der Waals surface area contributed by atoms with E-state index in [1.54, 1.807) is 6.20 Å². The van der Waals surface area contributed by atoms with E-state index in [2.05, 4.69) is 20.9 Å². The summed E-state index contributed by atoms with van der Waals surface area (Å²) in [4.78, 5) is 11.2. The van der Waals surface area contributed by atoms with Crippen molar-refractivity contribution in [2.24, 2.45) is 0 Å². The van der Waals surface area contributed by atoms with Gasteiger partial charge in [0, 0.05) is 50.5 Å². The zero-order valence-corrected chi connectivity index (χ0v) is 16.7. The van der Waals surface area contributed by atoms with Crippen molar-refractivity contribution in [3.63, 3.8) is 0 Å². The summed E-state index contributed by atoms with van der Waals surface area (Å²) in [6.07, 6.45) is 4.38. The minimum Gasteiger partial charge on any atom is -0.492 e. The molecule has 0 spiro atoms. The third kappa shape index (κ3) is 3.57. The largest absolute Gasteiger partial charge is 0.492 e. The van der Waals surface area contributed by atoms with Gasteiger partial charge in [0.1, 0.15) is 11.5 Å². The molecule has 2 aliphatic heterocycles. The fraction of sp³-hybridized carbons (Fsp3) is 0.429. The monoisotopic (exact) mass is 397 g/mol. The van der Waals surface area contributed by atoms with Crippen molar-refractivity contribution in [2.75, 3.05) is 33.4 Å². The summed E-state index contributed by atoms with van der Waals surface area (Å²) in [6, 6.07) is 10.0. The van der Waals surface area contributed by atoms with Gasteiger partial charge in [-0.05, 0) is 31.0 Å². The molecule has 146 valence electrons. The van der Waals surface area contributed by atoms with Crippen molar-refractivity contribution in [3.8, 4) is 16.7 Å². The van der Waals surface area contributed by atoms with Gasteiger partial charge in [0.25, 0.3) is 5.19 Å². The lowest BCUT2D eigenvalue weighted by atomic mass is 9.99. The predicted molar refractivity (Wildman–Crippen MR) is 109 cm³/mol. The standard InChI is InChI=1S/C21H23N3O3S/c1-25-15-6-9-24(10-7-15)12-14-13-26-18-11-16(4-5-17(14)18)27-21-23-20-19(28-21)3-2-8-22-20/h2-5,8,11,14-15H,6-7,9-10,12-13H2,1H3. The molecule has 1 aromatic carbocycles. The Bertz CT molecular complexity index is 935. The Morgan fingerprint density at radius 3 is 2.96 bits per heavy atom. The Labute approximate surface area is 168 Å². The molecule has 0 amide bonds. The molecule has 2 aromatic heterocycles. The molecular formula is C21H23N3O3S. The molecule has 0 N–H and O–H groups in total. The highest BCUT2D eigenvalue weighted by Crippen LogP contribution is 2.39. The van der Waals surface area contributed by atoms with E-state index in [-0.39, 0.29) is 0 Å². The van der Waals surface area contributed by atoms with Crippen molar-refractivity contribution in [1.29, 1.82) is 0 Å². The summed E-state index contributed by atoms with van der Waals surface area (Å²) < 4.78 is 18.4. The van der Waals surface area contributed by atoms with Crippen LogP contribution in [0.5, 0.6) is 16.7 Å². The van der Waals surface area contributed by atoms with Gasteiger partial charge in [-0.2, -0.15) is 4.98 Å². The zero-order valence-electron chi connectivity index (χ0n) is 15.8. The van der Waals surface area contributed by atoms with E-state index in [9.17, 15) is 0 Å². The van der Waals surface area contributed by atoms with Crippen LogP contribution in [0.1, 0.15) is 24.3 Å². The number of aromatic nitrogens is 2. The van der Waals surface area contributed by atoms with Gasteiger partial charge < -0.3 is 19.1 Å². The van der Waals surface area contributed by atoms with E-state index < -0.39 is 0 Å². The topological polar surface area (TPSA) is 56.7 Å². The minimum absolute atomic E-state index is 0.412. The molecular weight excluding hydrogens is 374 g/mol. The molecule has 7 heteroatoms. The van der Waals surface area contributed by atoms with Gasteiger partial charge in [-0.1, -0.05) is 17.4 Å². The van der Waals surface area contributed by atoms with Gasteiger partial charge >= 0.3 is 0 Å². The van der Waals surface area contributed by atoms with E-state index in [1.165, 1.54) is 16.9 Å². The number of hydrogen-bond donors (Lipinski definition) is 0. The lowest BCUT2D eigenvalue weighted by Gasteiger charge is -2.32. The molecule has 3 aromatic rings. The highest BCUT2D eigenvalue weighted by atomic mass is 32.1. The average Bonchev–Trinajstić information content (AvgIpc) is 3.32. The number of thiazole rings is 1. The number of nitrogens with zero attached hydrogens (tertiary/aromatic N) is 3. The molecule has 1 unspecified atom stereocenters. The van der Waals surface area contributed by atoms with Crippen LogP contribution < -0.4 is 9.47 Å². The Morgan fingerprint density at radius 1 is 1.25 bits per heavy atom. The normalized spacial score (nSPS) is 20.2. The molecule has 1 saturated heterocycles. The Morgan fingerprint density at radius 2 is 2.14 bits per heavy atom. The molecule has 4 heterocycles. The Hall–Kier alpha value is -2.22. The lowest BCUT2D eigenvalue weighted by Crippen LogP contribution is -2.39. The first-order valence-electron chi connectivity index (χ1n) is 9.70. The second-order valence-corrected chi connectivity index (χ2v) is 8.34. The van der Waals surface area contributed by atoms with Crippen LogP contribution in [0.15, 0.2) is 36.5 Å². The van der Waals surface area contributed by atoms with E-state index in [0.29, 0.717) is 17.2 Å². The van der Waals surface area contributed by atoms with E-state index in [0.717, 1.165) is 60.9 Å². The van der Waals surface area contributed by atoms with Crippen molar-refractivity contribution >= 4 is 21.7 Å². The number of ether oxygens (including phenoxy) is 3. The van der Waals surface area contributed by atoms with Gasteiger partial charge in [0.2, 0.25) is 0 Å². The van der Waals surface area contributed by atoms with Crippen LogP contribution in [-0.2, 0) is 4.74 Å². The number of methoxy groups -OCH3 is 1. The second kappa shape index (κ2) is 7.66. The first kappa shape index (κ1) is 17.8. The van der Waals surface area contributed by atoms with Gasteiger partial charge in [0.05, 0.1) is 17.4 Å². The number of benzene rings is 1. The maximum Gasteiger partial charge on any atom is 0.281 e.